The SMILES string of the molecule is Cc1cc(C)c(C)c(OCCC(=O)N2CCO[C@H](C(=O)O)C2)c1. The minimum absolute atomic E-state index is 0.0940. The molecule has 1 aromatic rings. The zero-order valence-electron chi connectivity index (χ0n) is 13.8. The summed E-state index contributed by atoms with van der Waals surface area (Å²) < 4.78 is 10.9. The molecule has 0 radical (unpaired) electrons. The van der Waals surface area contributed by atoms with Crippen LogP contribution in [0.15, 0.2) is 12.1 Å². The van der Waals surface area contributed by atoms with Crippen LogP contribution in [0.1, 0.15) is 23.1 Å². The molecule has 1 aliphatic heterocycles. The van der Waals surface area contributed by atoms with E-state index in [1.165, 1.54) is 4.90 Å². The van der Waals surface area contributed by atoms with Crippen LogP contribution < -0.4 is 4.74 Å². The highest BCUT2D eigenvalue weighted by atomic mass is 16.5. The van der Waals surface area contributed by atoms with Gasteiger partial charge in [0.25, 0.3) is 0 Å². The minimum atomic E-state index is -1.04. The van der Waals surface area contributed by atoms with Crippen molar-refractivity contribution in [1.82, 2.24) is 4.90 Å². The molecule has 0 aliphatic carbocycles. The van der Waals surface area contributed by atoms with Crippen LogP contribution in [0.2, 0.25) is 0 Å². The molecular formula is C17H23NO5. The lowest BCUT2D eigenvalue weighted by Crippen LogP contribution is -2.48. The van der Waals surface area contributed by atoms with E-state index in [0.717, 1.165) is 22.4 Å². The summed E-state index contributed by atoms with van der Waals surface area (Å²) in [6, 6.07) is 4.05. The molecule has 23 heavy (non-hydrogen) atoms. The Morgan fingerprint density at radius 1 is 1.35 bits per heavy atom. The molecule has 1 saturated heterocycles. The highest BCUT2D eigenvalue weighted by molar-refractivity contribution is 5.78. The summed E-state index contributed by atoms with van der Waals surface area (Å²) in [5.74, 6) is -0.355. The van der Waals surface area contributed by atoms with Crippen LogP contribution in [0.3, 0.4) is 0 Å². The fourth-order valence-electron chi connectivity index (χ4n) is 2.58. The molecule has 1 fully saturated rings. The largest absolute Gasteiger partial charge is 0.493 e. The number of ether oxygens (including phenoxy) is 2. The molecule has 2 rings (SSSR count). The summed E-state index contributed by atoms with van der Waals surface area (Å²) >= 11 is 0. The van der Waals surface area contributed by atoms with Crippen molar-refractivity contribution in [3.63, 3.8) is 0 Å². The van der Waals surface area contributed by atoms with Crippen LogP contribution in [0.5, 0.6) is 5.75 Å². The van der Waals surface area contributed by atoms with Crippen molar-refractivity contribution in [2.24, 2.45) is 0 Å². The normalized spacial score (nSPS) is 17.9. The maximum absolute atomic E-state index is 12.2. The van der Waals surface area contributed by atoms with Crippen LogP contribution in [-0.4, -0.2) is 54.3 Å². The van der Waals surface area contributed by atoms with Gasteiger partial charge in [0.15, 0.2) is 6.10 Å². The van der Waals surface area contributed by atoms with Crippen molar-refractivity contribution in [1.29, 1.82) is 0 Å². The first kappa shape index (κ1) is 17.3. The van der Waals surface area contributed by atoms with Gasteiger partial charge in [0.1, 0.15) is 5.75 Å². The van der Waals surface area contributed by atoms with E-state index in [2.05, 4.69) is 6.07 Å². The lowest BCUT2D eigenvalue weighted by molar-refractivity contribution is -0.159. The Hall–Kier alpha value is -2.08. The Kier molecular flexibility index (Phi) is 5.60. The molecule has 1 aliphatic rings. The molecule has 1 heterocycles. The summed E-state index contributed by atoms with van der Waals surface area (Å²) in [7, 11) is 0. The molecule has 0 unspecified atom stereocenters. The maximum Gasteiger partial charge on any atom is 0.334 e. The molecule has 1 aromatic carbocycles. The predicted molar refractivity (Wildman–Crippen MR) is 84.7 cm³/mol. The molecule has 6 heteroatoms. The lowest BCUT2D eigenvalue weighted by Gasteiger charge is -2.30. The number of amides is 1. The molecule has 126 valence electrons. The first-order valence-electron chi connectivity index (χ1n) is 7.71. The standard InChI is InChI=1S/C17H23NO5/c1-11-8-12(2)13(3)14(9-11)22-6-4-16(19)18-5-7-23-15(10-18)17(20)21/h8-9,15H,4-7,10H2,1-3H3,(H,20,21)/t15-/m0/s1. The van der Waals surface area contributed by atoms with Gasteiger partial charge in [-0.15, -0.1) is 0 Å². The zero-order valence-corrected chi connectivity index (χ0v) is 13.8. The number of carboxylic acid groups (broad SMARTS) is 1. The topological polar surface area (TPSA) is 76.1 Å². The third-order valence-corrected chi connectivity index (χ3v) is 4.03. The molecule has 6 nitrogen and oxygen atoms in total. The van der Waals surface area contributed by atoms with Gasteiger partial charge in [-0.2, -0.15) is 0 Å². The molecule has 0 spiro atoms. The van der Waals surface area contributed by atoms with Crippen molar-refractivity contribution in [2.45, 2.75) is 33.3 Å². The number of carbonyl (C=O) groups excluding carboxylic acids is 1. The number of benzene rings is 1. The number of morpholine rings is 1. The van der Waals surface area contributed by atoms with Crippen LogP contribution in [0, 0.1) is 20.8 Å². The molecule has 1 amide bonds. The molecule has 0 aromatic heterocycles. The van der Waals surface area contributed by atoms with Crippen LogP contribution >= 0.6 is 0 Å². The van der Waals surface area contributed by atoms with Crippen molar-refractivity contribution in [3.8, 4) is 5.75 Å². The maximum atomic E-state index is 12.2. The average molecular weight is 321 g/mol. The third-order valence-electron chi connectivity index (χ3n) is 4.03. The quantitative estimate of drug-likeness (QED) is 0.893. The fourth-order valence-corrected chi connectivity index (χ4v) is 2.58. The Bertz CT molecular complexity index is 599. The van der Waals surface area contributed by atoms with E-state index < -0.39 is 12.1 Å². The van der Waals surface area contributed by atoms with Gasteiger partial charge in [0.05, 0.1) is 26.2 Å². The second kappa shape index (κ2) is 7.46. The van der Waals surface area contributed by atoms with Gasteiger partial charge in [-0.25, -0.2) is 4.79 Å². The highest BCUT2D eigenvalue weighted by Gasteiger charge is 2.28. The van der Waals surface area contributed by atoms with Crippen molar-refractivity contribution in [2.75, 3.05) is 26.3 Å². The Morgan fingerprint density at radius 3 is 2.78 bits per heavy atom. The second-order valence-electron chi connectivity index (χ2n) is 5.84. The van der Waals surface area contributed by atoms with Gasteiger partial charge in [0, 0.05) is 6.54 Å². The summed E-state index contributed by atoms with van der Waals surface area (Å²) in [6.07, 6.45) is -0.714. The van der Waals surface area contributed by atoms with Crippen molar-refractivity contribution >= 4 is 11.9 Å². The summed E-state index contributed by atoms with van der Waals surface area (Å²) in [4.78, 5) is 24.6. The van der Waals surface area contributed by atoms with E-state index in [-0.39, 0.29) is 32.1 Å². The molecular weight excluding hydrogens is 298 g/mol. The van der Waals surface area contributed by atoms with Gasteiger partial charge in [0.2, 0.25) is 5.91 Å². The smallest absolute Gasteiger partial charge is 0.334 e. The number of carbonyl (C=O) groups is 2. The molecule has 0 bridgehead atoms. The Balaban J connectivity index is 1.86. The molecule has 1 N–H and O–H groups in total. The van der Waals surface area contributed by atoms with Gasteiger partial charge in [-0.1, -0.05) is 6.07 Å². The third kappa shape index (κ3) is 4.45. The van der Waals surface area contributed by atoms with E-state index in [0.29, 0.717) is 6.54 Å². The Labute approximate surface area is 136 Å². The van der Waals surface area contributed by atoms with Gasteiger partial charge >= 0.3 is 5.97 Å². The second-order valence-corrected chi connectivity index (χ2v) is 5.84. The van der Waals surface area contributed by atoms with Crippen molar-refractivity contribution < 1.29 is 24.2 Å². The van der Waals surface area contributed by atoms with E-state index in [9.17, 15) is 9.59 Å². The number of nitrogens with zero attached hydrogens (tertiary/aromatic N) is 1. The van der Waals surface area contributed by atoms with E-state index in [1.54, 1.807) is 0 Å². The van der Waals surface area contributed by atoms with Crippen LogP contribution in [0.25, 0.3) is 0 Å². The number of hydrogen-bond acceptors (Lipinski definition) is 4. The van der Waals surface area contributed by atoms with E-state index in [1.807, 2.05) is 26.8 Å². The number of hydrogen-bond donors (Lipinski definition) is 1. The van der Waals surface area contributed by atoms with E-state index >= 15 is 0 Å². The van der Waals surface area contributed by atoms with E-state index in [4.69, 9.17) is 14.6 Å². The van der Waals surface area contributed by atoms with Gasteiger partial charge < -0.3 is 19.5 Å². The average Bonchev–Trinajstić information content (AvgIpc) is 2.51. The molecule has 1 atom stereocenters. The van der Waals surface area contributed by atoms with Crippen LogP contribution in [0.4, 0.5) is 0 Å². The minimum Gasteiger partial charge on any atom is -0.493 e. The summed E-state index contributed by atoms with van der Waals surface area (Å²) in [5.41, 5.74) is 3.34. The molecule has 0 saturated carbocycles. The van der Waals surface area contributed by atoms with Crippen LogP contribution in [-0.2, 0) is 14.3 Å². The van der Waals surface area contributed by atoms with Gasteiger partial charge in [-0.3, -0.25) is 4.79 Å². The number of aliphatic carboxylic acids is 1. The summed E-state index contributed by atoms with van der Waals surface area (Å²) in [6.45, 7) is 7.06. The van der Waals surface area contributed by atoms with Gasteiger partial charge in [-0.05, 0) is 43.5 Å². The monoisotopic (exact) mass is 321 g/mol. The Morgan fingerprint density at radius 2 is 2.09 bits per heavy atom. The zero-order chi connectivity index (χ0) is 17.0. The number of carboxylic acids is 1. The number of rotatable bonds is 5. The first-order valence-corrected chi connectivity index (χ1v) is 7.71. The first-order chi connectivity index (χ1) is 10.9. The fraction of sp³-hybridized carbons (Fsp3) is 0.529. The van der Waals surface area contributed by atoms with Crippen molar-refractivity contribution in [3.05, 3.63) is 28.8 Å². The lowest BCUT2D eigenvalue weighted by atomic mass is 10.1. The predicted octanol–water partition coefficient (Wildman–Crippen LogP) is 1.69. The highest BCUT2D eigenvalue weighted by Crippen LogP contribution is 2.23. The summed E-state index contributed by atoms with van der Waals surface area (Å²) in [5, 5.41) is 8.96. The number of aryl methyl sites for hydroxylation is 2.